The van der Waals surface area contributed by atoms with Crippen molar-refractivity contribution in [3.8, 4) is 5.88 Å². The number of nitrogens with one attached hydrogen (secondary N) is 1. The van der Waals surface area contributed by atoms with Gasteiger partial charge in [-0.2, -0.15) is 0 Å². The van der Waals surface area contributed by atoms with E-state index < -0.39 is 0 Å². The number of hydrogen-bond donors (Lipinski definition) is 1. The van der Waals surface area contributed by atoms with E-state index in [4.69, 9.17) is 4.74 Å². The molecule has 1 N–H and O–H groups in total. The van der Waals surface area contributed by atoms with E-state index in [-0.39, 0.29) is 24.0 Å². The number of carbonyl (C=O) groups is 1. The quantitative estimate of drug-likeness (QED) is 0.839. The monoisotopic (exact) mass is 352 g/mol. The zero-order valence-electron chi connectivity index (χ0n) is 15.7. The Balaban J connectivity index is 1.48. The van der Waals surface area contributed by atoms with Gasteiger partial charge in [-0.15, -0.1) is 0 Å². The third kappa shape index (κ3) is 4.84. The lowest BCUT2D eigenvalue weighted by molar-refractivity contribution is -0.123. The second-order valence-electron chi connectivity index (χ2n) is 7.15. The van der Waals surface area contributed by atoms with E-state index in [9.17, 15) is 4.79 Å². The van der Waals surface area contributed by atoms with Crippen molar-refractivity contribution in [2.45, 2.75) is 64.0 Å². The van der Waals surface area contributed by atoms with Gasteiger partial charge >= 0.3 is 0 Å². The Labute approximate surface area is 156 Å². The van der Waals surface area contributed by atoms with Crippen molar-refractivity contribution < 1.29 is 9.53 Å². The Bertz CT molecular complexity index is 692. The second-order valence-corrected chi connectivity index (χ2v) is 7.15. The van der Waals surface area contributed by atoms with E-state index in [1.54, 1.807) is 0 Å². The van der Waals surface area contributed by atoms with Crippen LogP contribution in [0.5, 0.6) is 5.88 Å². The van der Waals surface area contributed by atoms with Crippen LogP contribution < -0.4 is 10.1 Å². The number of aryl methyl sites for hydroxylation is 1. The molecule has 1 aromatic heterocycles. The fourth-order valence-corrected chi connectivity index (χ4v) is 3.58. The maximum atomic E-state index is 12.7. The number of amides is 1. The lowest BCUT2D eigenvalue weighted by Crippen LogP contribution is -2.41. The summed E-state index contributed by atoms with van der Waals surface area (Å²) in [4.78, 5) is 17.0. The van der Waals surface area contributed by atoms with Crippen LogP contribution in [-0.4, -0.2) is 23.0 Å². The first-order valence-corrected chi connectivity index (χ1v) is 9.60. The lowest BCUT2D eigenvalue weighted by atomic mass is 9.91. The summed E-state index contributed by atoms with van der Waals surface area (Å²) in [7, 11) is 0. The SMILES string of the molecule is CCC(C(=O)NC1CCC(Oc2ccc(C)cn2)CC1)c1ccccc1. The highest BCUT2D eigenvalue weighted by Gasteiger charge is 2.26. The van der Waals surface area contributed by atoms with E-state index in [2.05, 4.69) is 17.2 Å². The van der Waals surface area contributed by atoms with Crippen molar-refractivity contribution in [2.24, 2.45) is 0 Å². The molecule has 1 unspecified atom stereocenters. The van der Waals surface area contributed by atoms with Crippen LogP contribution in [0.4, 0.5) is 0 Å². The molecule has 2 aromatic rings. The largest absolute Gasteiger partial charge is 0.474 e. The number of pyridine rings is 1. The van der Waals surface area contributed by atoms with Crippen LogP contribution in [0.2, 0.25) is 0 Å². The molecule has 1 aliphatic carbocycles. The molecule has 26 heavy (non-hydrogen) atoms. The molecule has 0 saturated heterocycles. The zero-order valence-corrected chi connectivity index (χ0v) is 15.7. The second kappa shape index (κ2) is 8.84. The highest BCUT2D eigenvalue weighted by atomic mass is 16.5. The summed E-state index contributed by atoms with van der Waals surface area (Å²) in [5.74, 6) is 0.767. The molecule has 1 saturated carbocycles. The number of hydrogen-bond acceptors (Lipinski definition) is 3. The van der Waals surface area contributed by atoms with Gasteiger partial charge in [-0.25, -0.2) is 4.98 Å². The van der Waals surface area contributed by atoms with Gasteiger partial charge in [-0.3, -0.25) is 4.79 Å². The molecular weight excluding hydrogens is 324 g/mol. The van der Waals surface area contributed by atoms with Crippen molar-refractivity contribution in [1.29, 1.82) is 0 Å². The van der Waals surface area contributed by atoms with Crippen molar-refractivity contribution in [3.05, 3.63) is 59.8 Å². The van der Waals surface area contributed by atoms with Gasteiger partial charge in [0.05, 0.1) is 5.92 Å². The van der Waals surface area contributed by atoms with Gasteiger partial charge in [-0.05, 0) is 50.2 Å². The number of carbonyl (C=O) groups excluding carboxylic acids is 1. The minimum atomic E-state index is -0.0677. The molecule has 3 rings (SSSR count). The number of nitrogens with zero attached hydrogens (tertiary/aromatic N) is 1. The first-order valence-electron chi connectivity index (χ1n) is 9.60. The fourth-order valence-electron chi connectivity index (χ4n) is 3.58. The fraction of sp³-hybridized carbons (Fsp3) is 0.455. The normalized spacial score (nSPS) is 21.0. The van der Waals surface area contributed by atoms with Crippen LogP contribution >= 0.6 is 0 Å². The summed E-state index contributed by atoms with van der Waals surface area (Å²) in [6.07, 6.45) is 6.63. The Morgan fingerprint density at radius 3 is 2.50 bits per heavy atom. The number of ether oxygens (including phenoxy) is 1. The topological polar surface area (TPSA) is 51.2 Å². The Hall–Kier alpha value is -2.36. The van der Waals surface area contributed by atoms with Crippen LogP contribution in [0.25, 0.3) is 0 Å². The van der Waals surface area contributed by atoms with Gasteiger partial charge in [-0.1, -0.05) is 43.3 Å². The smallest absolute Gasteiger partial charge is 0.227 e. The van der Waals surface area contributed by atoms with Crippen LogP contribution in [0.3, 0.4) is 0 Å². The van der Waals surface area contributed by atoms with Crippen molar-refractivity contribution in [3.63, 3.8) is 0 Å². The van der Waals surface area contributed by atoms with E-state index in [1.807, 2.05) is 55.6 Å². The van der Waals surface area contributed by atoms with Gasteiger partial charge in [0.2, 0.25) is 11.8 Å². The molecular formula is C22H28N2O2. The highest BCUT2D eigenvalue weighted by molar-refractivity contribution is 5.83. The maximum absolute atomic E-state index is 12.7. The minimum absolute atomic E-state index is 0.0677. The van der Waals surface area contributed by atoms with Crippen LogP contribution in [0, 0.1) is 6.92 Å². The molecule has 1 amide bonds. The van der Waals surface area contributed by atoms with E-state index in [0.717, 1.165) is 43.2 Å². The first-order chi connectivity index (χ1) is 12.7. The van der Waals surface area contributed by atoms with E-state index >= 15 is 0 Å². The standard InChI is InChI=1S/C22H28N2O2/c1-3-20(17-7-5-4-6-8-17)22(25)24-18-10-12-19(13-11-18)26-21-14-9-16(2)15-23-21/h4-9,14-15,18-20H,3,10-13H2,1-2H3,(H,24,25). The first kappa shape index (κ1) is 18.4. The summed E-state index contributed by atoms with van der Waals surface area (Å²) in [5, 5.41) is 3.25. The molecule has 0 radical (unpaired) electrons. The zero-order chi connectivity index (χ0) is 18.4. The number of aromatic nitrogens is 1. The Morgan fingerprint density at radius 2 is 1.88 bits per heavy atom. The Morgan fingerprint density at radius 1 is 1.15 bits per heavy atom. The summed E-state index contributed by atoms with van der Waals surface area (Å²) in [6.45, 7) is 4.08. The molecule has 4 heteroatoms. The molecule has 0 aliphatic heterocycles. The summed E-state index contributed by atoms with van der Waals surface area (Å²) >= 11 is 0. The van der Waals surface area contributed by atoms with Crippen LogP contribution in [-0.2, 0) is 4.79 Å². The molecule has 1 fully saturated rings. The van der Waals surface area contributed by atoms with Gasteiger partial charge in [0.25, 0.3) is 0 Å². The molecule has 1 aliphatic rings. The van der Waals surface area contributed by atoms with E-state index in [0.29, 0.717) is 5.88 Å². The third-order valence-electron chi connectivity index (χ3n) is 5.12. The van der Waals surface area contributed by atoms with E-state index in [1.165, 1.54) is 0 Å². The van der Waals surface area contributed by atoms with Crippen molar-refractivity contribution >= 4 is 5.91 Å². The minimum Gasteiger partial charge on any atom is -0.474 e. The van der Waals surface area contributed by atoms with Gasteiger partial charge in [0.15, 0.2) is 0 Å². The summed E-state index contributed by atoms with van der Waals surface area (Å²) < 4.78 is 5.98. The lowest BCUT2D eigenvalue weighted by Gasteiger charge is -2.30. The predicted octanol–water partition coefficient (Wildman–Crippen LogP) is 4.39. The average Bonchev–Trinajstić information content (AvgIpc) is 2.67. The molecule has 4 nitrogen and oxygen atoms in total. The van der Waals surface area contributed by atoms with Crippen molar-refractivity contribution in [1.82, 2.24) is 10.3 Å². The van der Waals surface area contributed by atoms with Gasteiger partial charge in [0, 0.05) is 18.3 Å². The number of rotatable bonds is 6. The van der Waals surface area contributed by atoms with Crippen LogP contribution in [0.15, 0.2) is 48.7 Å². The predicted molar refractivity (Wildman–Crippen MR) is 103 cm³/mol. The molecule has 0 spiro atoms. The molecule has 1 atom stereocenters. The molecule has 138 valence electrons. The Kier molecular flexibility index (Phi) is 6.26. The maximum Gasteiger partial charge on any atom is 0.227 e. The van der Waals surface area contributed by atoms with Gasteiger partial charge in [0.1, 0.15) is 6.10 Å². The third-order valence-corrected chi connectivity index (χ3v) is 5.12. The van der Waals surface area contributed by atoms with Gasteiger partial charge < -0.3 is 10.1 Å². The molecule has 1 aromatic carbocycles. The summed E-state index contributed by atoms with van der Waals surface area (Å²) in [6, 6.07) is 14.2. The molecule has 0 bridgehead atoms. The summed E-state index contributed by atoms with van der Waals surface area (Å²) in [5.41, 5.74) is 2.22. The molecule has 1 heterocycles. The number of benzene rings is 1. The average molecular weight is 352 g/mol. The van der Waals surface area contributed by atoms with Crippen LogP contribution in [0.1, 0.15) is 56.1 Å². The van der Waals surface area contributed by atoms with Crippen molar-refractivity contribution in [2.75, 3.05) is 0 Å². The highest BCUT2D eigenvalue weighted by Crippen LogP contribution is 2.25.